The van der Waals surface area contributed by atoms with Gasteiger partial charge in [-0.25, -0.2) is 4.79 Å². The van der Waals surface area contributed by atoms with Crippen molar-refractivity contribution in [3.63, 3.8) is 0 Å². The van der Waals surface area contributed by atoms with Crippen molar-refractivity contribution in [1.29, 1.82) is 0 Å². The minimum absolute atomic E-state index is 0.00828. The quantitative estimate of drug-likeness (QED) is 0.151. The maximum Gasteiger partial charge on any atom is 0.333 e. The van der Waals surface area contributed by atoms with Gasteiger partial charge in [-0.1, -0.05) is 41.0 Å². The summed E-state index contributed by atoms with van der Waals surface area (Å²) in [6.07, 6.45) is 3.01. The molecule has 13 heteroatoms. The summed E-state index contributed by atoms with van der Waals surface area (Å²) in [4.78, 5) is 90.9. The Balaban J connectivity index is 1.42. The minimum atomic E-state index is -1.05. The first-order valence-corrected chi connectivity index (χ1v) is 15.0. The van der Waals surface area contributed by atoms with Gasteiger partial charge in [0.15, 0.2) is 0 Å². The summed E-state index contributed by atoms with van der Waals surface area (Å²) in [6, 6.07) is 0. The van der Waals surface area contributed by atoms with Crippen LogP contribution in [0, 0.1) is 23.7 Å². The molecule has 0 spiro atoms. The summed E-state index contributed by atoms with van der Waals surface area (Å²) >= 11 is 0. The van der Waals surface area contributed by atoms with E-state index in [1.165, 1.54) is 0 Å². The molecule has 2 aliphatic carbocycles. The average Bonchev–Trinajstić information content (AvgIpc) is 3.83. The zero-order valence-corrected chi connectivity index (χ0v) is 25.3. The highest BCUT2D eigenvalue weighted by atomic mass is 16.7. The fourth-order valence-corrected chi connectivity index (χ4v) is 5.79. The number of unbranched alkanes of at least 4 members (excludes halogenated alkanes) is 2. The largest absolute Gasteiger partial charge is 0.354 e. The number of nitrogens with zero attached hydrogens (tertiary/aromatic N) is 1. The van der Waals surface area contributed by atoms with E-state index in [0.29, 0.717) is 43.7 Å². The first-order valence-electron chi connectivity index (χ1n) is 15.0. The topological polar surface area (TPSA) is 180 Å². The Morgan fingerprint density at radius 3 is 1.83 bits per heavy atom. The molecular weight excluding hydrogens is 546 g/mol. The Kier molecular flexibility index (Phi) is 10.7. The zero-order chi connectivity index (χ0) is 31.2. The number of hydroxylamine groups is 2. The Morgan fingerprint density at radius 1 is 0.810 bits per heavy atom. The number of carbonyl (C=O) groups excluding carboxylic acids is 7. The van der Waals surface area contributed by atoms with Crippen molar-refractivity contribution in [1.82, 2.24) is 26.3 Å². The lowest BCUT2D eigenvalue weighted by atomic mass is 10.0. The normalized spacial score (nSPS) is 26.2. The third-order valence-electron chi connectivity index (χ3n) is 8.45. The fourth-order valence-electron chi connectivity index (χ4n) is 5.79. The van der Waals surface area contributed by atoms with E-state index in [9.17, 15) is 33.6 Å². The molecule has 3 fully saturated rings. The van der Waals surface area contributed by atoms with Gasteiger partial charge in [-0.15, -0.1) is 5.06 Å². The first kappa shape index (κ1) is 33.0. The fraction of sp³-hybridized carbons (Fsp3) is 0.759. The number of hydrogen-bond donors (Lipinski definition) is 4. The van der Waals surface area contributed by atoms with Crippen LogP contribution < -0.4 is 21.3 Å². The van der Waals surface area contributed by atoms with Crippen molar-refractivity contribution in [2.45, 2.75) is 103 Å². The van der Waals surface area contributed by atoms with Crippen LogP contribution in [0.1, 0.15) is 92.4 Å². The summed E-state index contributed by atoms with van der Waals surface area (Å²) in [5.74, 6) is -2.81. The van der Waals surface area contributed by atoms with Gasteiger partial charge in [-0.3, -0.25) is 28.8 Å². The molecule has 0 bridgehead atoms. The van der Waals surface area contributed by atoms with Crippen LogP contribution in [0.15, 0.2) is 0 Å². The highest BCUT2D eigenvalue weighted by Gasteiger charge is 2.63. The number of amides is 6. The van der Waals surface area contributed by atoms with Gasteiger partial charge in [0.2, 0.25) is 23.6 Å². The summed E-state index contributed by atoms with van der Waals surface area (Å²) < 4.78 is 0. The highest BCUT2D eigenvalue weighted by molar-refractivity contribution is 6.01. The molecule has 234 valence electrons. The second-order valence-corrected chi connectivity index (χ2v) is 12.3. The molecule has 4 atom stereocenters. The number of rotatable bonds is 16. The number of nitrogens with one attached hydrogen (secondary N) is 4. The standard InChI is InChI=1S/C29H45N5O8/c1-6-21(35)32-29(15-20(29)18(4)5)27(41)31-16-22(36)33-28(14-19(28)17(2)3)26(40)30-13-9-7-8-10-25(39)42-34-23(37)11-12-24(34)38/h17-20H,6-16H2,1-5H3,(H,30,40)(H,31,41)(H,32,35)(H,33,36). The Labute approximate surface area is 246 Å². The van der Waals surface area contributed by atoms with Gasteiger partial charge in [-0.2, -0.15) is 0 Å². The highest BCUT2D eigenvalue weighted by Crippen LogP contribution is 2.49. The number of carbonyl (C=O) groups is 7. The molecule has 0 aromatic heterocycles. The van der Waals surface area contributed by atoms with Gasteiger partial charge in [0.25, 0.3) is 11.8 Å². The molecule has 13 nitrogen and oxygen atoms in total. The smallest absolute Gasteiger partial charge is 0.333 e. The second-order valence-electron chi connectivity index (χ2n) is 12.3. The molecule has 4 unspecified atom stereocenters. The third kappa shape index (κ3) is 7.65. The molecule has 3 rings (SSSR count). The predicted molar refractivity (Wildman–Crippen MR) is 150 cm³/mol. The van der Waals surface area contributed by atoms with Crippen LogP contribution in [0.2, 0.25) is 0 Å². The maximum absolute atomic E-state index is 13.1. The average molecular weight is 592 g/mol. The molecule has 0 aromatic rings. The monoisotopic (exact) mass is 591 g/mol. The number of imide groups is 1. The van der Waals surface area contributed by atoms with Crippen LogP contribution in [0.25, 0.3) is 0 Å². The van der Waals surface area contributed by atoms with Gasteiger partial charge in [0.05, 0.1) is 6.54 Å². The van der Waals surface area contributed by atoms with Crippen molar-refractivity contribution >= 4 is 41.4 Å². The third-order valence-corrected chi connectivity index (χ3v) is 8.45. The second kappa shape index (κ2) is 13.6. The molecule has 2 saturated carbocycles. The summed E-state index contributed by atoms with van der Waals surface area (Å²) in [5.41, 5.74) is -2.06. The molecule has 1 aliphatic heterocycles. The van der Waals surface area contributed by atoms with E-state index in [-0.39, 0.29) is 67.7 Å². The molecule has 42 heavy (non-hydrogen) atoms. The molecule has 1 saturated heterocycles. The minimum Gasteiger partial charge on any atom is -0.354 e. The summed E-state index contributed by atoms with van der Waals surface area (Å²) in [6.45, 7) is 9.69. The predicted octanol–water partition coefficient (Wildman–Crippen LogP) is 0.858. The first-order chi connectivity index (χ1) is 19.8. The van der Waals surface area contributed by atoms with E-state index < -0.39 is 40.7 Å². The van der Waals surface area contributed by atoms with Gasteiger partial charge in [0.1, 0.15) is 11.1 Å². The van der Waals surface area contributed by atoms with Crippen molar-refractivity contribution < 1.29 is 38.4 Å². The van der Waals surface area contributed by atoms with Crippen LogP contribution in [0.3, 0.4) is 0 Å². The number of hydrogen-bond acceptors (Lipinski definition) is 8. The van der Waals surface area contributed by atoms with E-state index in [2.05, 4.69) is 21.3 Å². The van der Waals surface area contributed by atoms with Crippen LogP contribution in [0.4, 0.5) is 0 Å². The molecule has 0 radical (unpaired) electrons. The molecule has 6 amide bonds. The summed E-state index contributed by atoms with van der Waals surface area (Å²) in [7, 11) is 0. The summed E-state index contributed by atoms with van der Waals surface area (Å²) in [5, 5.41) is 11.7. The lowest BCUT2D eigenvalue weighted by Crippen LogP contribution is -2.56. The molecule has 1 heterocycles. The lowest BCUT2D eigenvalue weighted by molar-refractivity contribution is -0.197. The Morgan fingerprint density at radius 2 is 1.33 bits per heavy atom. The van der Waals surface area contributed by atoms with E-state index >= 15 is 0 Å². The Hall–Kier alpha value is -3.51. The Bertz CT molecular complexity index is 1090. The lowest BCUT2D eigenvalue weighted by Gasteiger charge is -2.22. The van der Waals surface area contributed by atoms with Crippen LogP contribution in [-0.4, -0.2) is 70.6 Å². The molecular formula is C29H45N5O8. The van der Waals surface area contributed by atoms with Crippen LogP contribution in [0.5, 0.6) is 0 Å². The van der Waals surface area contributed by atoms with Gasteiger partial charge >= 0.3 is 5.97 Å². The van der Waals surface area contributed by atoms with E-state index in [4.69, 9.17) is 4.84 Å². The van der Waals surface area contributed by atoms with Gasteiger partial charge in [0, 0.05) is 32.2 Å². The van der Waals surface area contributed by atoms with Crippen LogP contribution >= 0.6 is 0 Å². The van der Waals surface area contributed by atoms with E-state index in [1.807, 2.05) is 27.7 Å². The van der Waals surface area contributed by atoms with E-state index in [1.54, 1.807) is 6.92 Å². The molecule has 3 aliphatic rings. The van der Waals surface area contributed by atoms with Gasteiger partial charge < -0.3 is 26.1 Å². The van der Waals surface area contributed by atoms with Crippen LogP contribution in [-0.2, 0) is 38.4 Å². The van der Waals surface area contributed by atoms with Gasteiger partial charge in [-0.05, 0) is 49.4 Å². The SMILES string of the molecule is CCC(=O)NC1(C(=O)NCC(=O)NC2(C(=O)NCCCCCC(=O)ON3C(=O)CCC3=O)CC2C(C)C)CC1C(C)C. The van der Waals surface area contributed by atoms with Crippen molar-refractivity contribution in [3.8, 4) is 0 Å². The maximum atomic E-state index is 13.1. The molecule has 0 aromatic carbocycles. The van der Waals surface area contributed by atoms with Crippen molar-refractivity contribution in [2.75, 3.05) is 13.1 Å². The zero-order valence-electron chi connectivity index (χ0n) is 25.3. The van der Waals surface area contributed by atoms with Crippen molar-refractivity contribution in [3.05, 3.63) is 0 Å². The molecule has 4 N–H and O–H groups in total. The van der Waals surface area contributed by atoms with E-state index in [0.717, 1.165) is 0 Å². The van der Waals surface area contributed by atoms with Crippen molar-refractivity contribution in [2.24, 2.45) is 23.7 Å².